The van der Waals surface area contributed by atoms with Crippen molar-refractivity contribution in [3.63, 3.8) is 0 Å². The number of carbonyl (C=O) groups is 1. The Labute approximate surface area is 102 Å². The van der Waals surface area contributed by atoms with Crippen LogP contribution in [0.25, 0.3) is 0 Å². The summed E-state index contributed by atoms with van der Waals surface area (Å²) in [6, 6.07) is 9.64. The summed E-state index contributed by atoms with van der Waals surface area (Å²) in [7, 11) is 0. The molecular formula is C13H19N3O. The molecule has 0 radical (unpaired) electrons. The molecule has 2 atom stereocenters. The van der Waals surface area contributed by atoms with Gasteiger partial charge in [0.15, 0.2) is 0 Å². The number of amidine groups is 1. The zero-order valence-corrected chi connectivity index (χ0v) is 10.2. The maximum absolute atomic E-state index is 11.9. The SMILES string of the molecule is CC[C@@H](C(=N)N)C(=O)N[C@H](C)c1ccccc1. The van der Waals surface area contributed by atoms with Crippen LogP contribution in [0.4, 0.5) is 0 Å². The van der Waals surface area contributed by atoms with E-state index in [4.69, 9.17) is 11.1 Å². The van der Waals surface area contributed by atoms with Crippen LogP contribution in [-0.4, -0.2) is 11.7 Å². The lowest BCUT2D eigenvalue weighted by Crippen LogP contribution is -2.39. The molecule has 4 nitrogen and oxygen atoms in total. The Kier molecular flexibility index (Phi) is 4.69. The molecule has 4 N–H and O–H groups in total. The highest BCUT2D eigenvalue weighted by atomic mass is 16.2. The molecule has 0 aliphatic rings. The van der Waals surface area contributed by atoms with Crippen molar-refractivity contribution >= 4 is 11.7 Å². The molecule has 0 bridgehead atoms. The van der Waals surface area contributed by atoms with E-state index in [2.05, 4.69) is 5.32 Å². The normalized spacial score (nSPS) is 13.8. The van der Waals surface area contributed by atoms with Gasteiger partial charge in [0.25, 0.3) is 0 Å². The third-order valence-corrected chi connectivity index (χ3v) is 2.76. The van der Waals surface area contributed by atoms with Crippen molar-refractivity contribution in [2.24, 2.45) is 11.7 Å². The van der Waals surface area contributed by atoms with Gasteiger partial charge in [-0.1, -0.05) is 37.3 Å². The Hall–Kier alpha value is -1.84. The first-order chi connectivity index (χ1) is 8.06. The third kappa shape index (κ3) is 3.59. The largest absolute Gasteiger partial charge is 0.387 e. The van der Waals surface area contributed by atoms with Crippen LogP contribution in [0.5, 0.6) is 0 Å². The number of carbonyl (C=O) groups excluding carboxylic acids is 1. The van der Waals surface area contributed by atoms with E-state index in [1.165, 1.54) is 0 Å². The first-order valence-corrected chi connectivity index (χ1v) is 5.75. The molecule has 0 saturated carbocycles. The Morgan fingerprint density at radius 3 is 2.47 bits per heavy atom. The molecule has 0 spiro atoms. The van der Waals surface area contributed by atoms with E-state index < -0.39 is 5.92 Å². The van der Waals surface area contributed by atoms with Crippen LogP contribution in [-0.2, 0) is 4.79 Å². The topological polar surface area (TPSA) is 79.0 Å². The van der Waals surface area contributed by atoms with Gasteiger partial charge in [0.1, 0.15) is 5.84 Å². The fraction of sp³-hybridized carbons (Fsp3) is 0.385. The van der Waals surface area contributed by atoms with Crippen LogP contribution in [0.3, 0.4) is 0 Å². The number of rotatable bonds is 5. The average molecular weight is 233 g/mol. The molecule has 0 aliphatic carbocycles. The minimum absolute atomic E-state index is 0.0721. The number of nitrogens with one attached hydrogen (secondary N) is 2. The Bertz CT molecular complexity index is 389. The summed E-state index contributed by atoms with van der Waals surface area (Å²) in [5.74, 6) is -0.789. The first kappa shape index (κ1) is 13.2. The van der Waals surface area contributed by atoms with Gasteiger partial charge in [0.2, 0.25) is 5.91 Å². The summed E-state index contributed by atoms with van der Waals surface area (Å²) in [6.45, 7) is 3.76. The number of hydrogen-bond donors (Lipinski definition) is 3. The maximum atomic E-state index is 11.9. The Balaban J connectivity index is 2.66. The van der Waals surface area contributed by atoms with Crippen molar-refractivity contribution in [3.05, 3.63) is 35.9 Å². The molecular weight excluding hydrogens is 214 g/mol. The van der Waals surface area contributed by atoms with Gasteiger partial charge in [-0.3, -0.25) is 10.2 Å². The van der Waals surface area contributed by atoms with Crippen molar-refractivity contribution in [1.82, 2.24) is 5.32 Å². The minimum atomic E-state index is -0.527. The van der Waals surface area contributed by atoms with Crippen molar-refractivity contribution in [3.8, 4) is 0 Å². The lowest BCUT2D eigenvalue weighted by Gasteiger charge is -2.18. The van der Waals surface area contributed by atoms with Gasteiger partial charge in [0.05, 0.1) is 12.0 Å². The quantitative estimate of drug-likeness (QED) is 0.536. The highest BCUT2D eigenvalue weighted by molar-refractivity contribution is 6.00. The standard InChI is InChI=1S/C13H19N3O/c1-3-11(12(14)15)13(17)16-9(2)10-7-5-4-6-8-10/h4-9,11H,3H2,1-2H3,(H3,14,15)(H,16,17)/t9-,11+/m1/s1. The third-order valence-electron chi connectivity index (χ3n) is 2.76. The second-order valence-electron chi connectivity index (χ2n) is 4.06. The van der Waals surface area contributed by atoms with Crippen molar-refractivity contribution in [2.45, 2.75) is 26.3 Å². The van der Waals surface area contributed by atoms with Crippen molar-refractivity contribution < 1.29 is 4.79 Å². The molecule has 1 aromatic carbocycles. The summed E-state index contributed by atoms with van der Waals surface area (Å²) in [5.41, 5.74) is 6.43. The molecule has 1 aromatic rings. The summed E-state index contributed by atoms with van der Waals surface area (Å²) in [4.78, 5) is 11.9. The van der Waals surface area contributed by atoms with E-state index in [-0.39, 0.29) is 17.8 Å². The first-order valence-electron chi connectivity index (χ1n) is 5.75. The van der Waals surface area contributed by atoms with Crippen LogP contribution in [0.1, 0.15) is 31.9 Å². The molecule has 0 aromatic heterocycles. The molecule has 1 amide bonds. The zero-order chi connectivity index (χ0) is 12.8. The van der Waals surface area contributed by atoms with E-state index in [9.17, 15) is 4.79 Å². The van der Waals surface area contributed by atoms with Gasteiger partial charge in [0, 0.05) is 0 Å². The van der Waals surface area contributed by atoms with E-state index >= 15 is 0 Å². The predicted octanol–water partition coefficient (Wildman–Crippen LogP) is 1.83. The lowest BCUT2D eigenvalue weighted by atomic mass is 10.0. The second kappa shape index (κ2) is 6.03. The molecule has 0 unspecified atom stereocenters. The van der Waals surface area contributed by atoms with Gasteiger partial charge >= 0.3 is 0 Å². The van der Waals surface area contributed by atoms with Gasteiger partial charge in [-0.2, -0.15) is 0 Å². The zero-order valence-electron chi connectivity index (χ0n) is 10.2. The van der Waals surface area contributed by atoms with Crippen LogP contribution < -0.4 is 11.1 Å². The van der Waals surface area contributed by atoms with Crippen molar-refractivity contribution in [1.29, 1.82) is 5.41 Å². The maximum Gasteiger partial charge on any atom is 0.231 e. The van der Waals surface area contributed by atoms with Crippen LogP contribution in [0, 0.1) is 11.3 Å². The summed E-state index contributed by atoms with van der Waals surface area (Å²) < 4.78 is 0. The second-order valence-corrected chi connectivity index (χ2v) is 4.06. The number of benzene rings is 1. The van der Waals surface area contributed by atoms with Crippen LogP contribution >= 0.6 is 0 Å². The molecule has 4 heteroatoms. The molecule has 0 saturated heterocycles. The van der Waals surface area contributed by atoms with Gasteiger partial charge in [-0.05, 0) is 18.9 Å². The number of nitrogens with two attached hydrogens (primary N) is 1. The van der Waals surface area contributed by atoms with Gasteiger partial charge in [-0.15, -0.1) is 0 Å². The highest BCUT2D eigenvalue weighted by Crippen LogP contribution is 2.12. The van der Waals surface area contributed by atoms with E-state index in [1.54, 1.807) is 0 Å². The van der Waals surface area contributed by atoms with E-state index in [1.807, 2.05) is 44.2 Å². The average Bonchev–Trinajstić information content (AvgIpc) is 2.30. The Morgan fingerprint density at radius 1 is 1.41 bits per heavy atom. The smallest absolute Gasteiger partial charge is 0.231 e. The number of amides is 1. The van der Waals surface area contributed by atoms with Gasteiger partial charge in [-0.25, -0.2) is 0 Å². The summed E-state index contributed by atoms with van der Waals surface area (Å²) in [5, 5.41) is 10.2. The Morgan fingerprint density at radius 2 is 2.00 bits per heavy atom. The number of hydrogen-bond acceptors (Lipinski definition) is 2. The van der Waals surface area contributed by atoms with Crippen LogP contribution in [0.2, 0.25) is 0 Å². The van der Waals surface area contributed by atoms with Crippen LogP contribution in [0.15, 0.2) is 30.3 Å². The van der Waals surface area contributed by atoms with E-state index in [0.717, 1.165) is 5.56 Å². The fourth-order valence-electron chi connectivity index (χ4n) is 1.69. The van der Waals surface area contributed by atoms with Crippen molar-refractivity contribution in [2.75, 3.05) is 0 Å². The summed E-state index contributed by atoms with van der Waals surface area (Å²) in [6.07, 6.45) is 0.544. The highest BCUT2D eigenvalue weighted by Gasteiger charge is 2.21. The molecule has 92 valence electrons. The molecule has 0 heterocycles. The lowest BCUT2D eigenvalue weighted by molar-refractivity contribution is -0.123. The monoisotopic (exact) mass is 233 g/mol. The molecule has 1 rings (SSSR count). The molecule has 17 heavy (non-hydrogen) atoms. The molecule has 0 aliphatic heterocycles. The fourth-order valence-corrected chi connectivity index (χ4v) is 1.69. The van der Waals surface area contributed by atoms with E-state index in [0.29, 0.717) is 6.42 Å². The minimum Gasteiger partial charge on any atom is -0.387 e. The molecule has 0 fully saturated rings. The predicted molar refractivity (Wildman–Crippen MR) is 68.7 cm³/mol. The van der Waals surface area contributed by atoms with Gasteiger partial charge < -0.3 is 11.1 Å². The summed E-state index contributed by atoms with van der Waals surface area (Å²) >= 11 is 0.